The first-order valence-corrected chi connectivity index (χ1v) is 10.7. The number of para-hydroxylation sites is 1. The molecule has 10 heteroatoms. The van der Waals surface area contributed by atoms with Gasteiger partial charge in [0.25, 0.3) is 11.8 Å². The average Bonchev–Trinajstić information content (AvgIpc) is 2.92. The van der Waals surface area contributed by atoms with Gasteiger partial charge in [-0.25, -0.2) is 5.43 Å². The minimum absolute atomic E-state index is 0.220. The molecule has 188 valence electrons. The van der Waals surface area contributed by atoms with Crippen molar-refractivity contribution < 1.29 is 33.3 Å². The first kappa shape index (κ1) is 25.9. The van der Waals surface area contributed by atoms with E-state index in [0.29, 0.717) is 40.0 Å². The molecule has 3 rings (SSSR count). The minimum Gasteiger partial charge on any atom is -0.497 e. The van der Waals surface area contributed by atoms with E-state index in [-0.39, 0.29) is 11.1 Å². The van der Waals surface area contributed by atoms with Crippen LogP contribution in [0, 0.1) is 0 Å². The Bertz CT molecular complexity index is 1250. The Morgan fingerprint density at radius 2 is 1.42 bits per heavy atom. The van der Waals surface area contributed by atoms with Gasteiger partial charge in [0.15, 0.2) is 11.5 Å². The summed E-state index contributed by atoms with van der Waals surface area (Å²) in [6, 6.07) is 14.8. The summed E-state index contributed by atoms with van der Waals surface area (Å²) in [5.41, 5.74) is 3.88. The number of rotatable bonds is 10. The highest BCUT2D eigenvalue weighted by Gasteiger charge is 2.19. The van der Waals surface area contributed by atoms with E-state index in [2.05, 4.69) is 15.8 Å². The van der Waals surface area contributed by atoms with E-state index in [4.69, 9.17) is 23.7 Å². The summed E-state index contributed by atoms with van der Waals surface area (Å²) in [5, 5.41) is 6.77. The predicted octanol–water partition coefficient (Wildman–Crippen LogP) is 3.75. The van der Waals surface area contributed by atoms with E-state index in [0.717, 1.165) is 0 Å². The molecular formula is C26H27N3O7. The zero-order valence-electron chi connectivity index (χ0n) is 20.6. The van der Waals surface area contributed by atoms with Crippen LogP contribution < -0.4 is 34.4 Å². The van der Waals surface area contributed by atoms with Crippen LogP contribution in [-0.4, -0.2) is 53.6 Å². The molecule has 0 heterocycles. The van der Waals surface area contributed by atoms with Gasteiger partial charge in [-0.05, 0) is 36.4 Å². The molecule has 0 radical (unpaired) electrons. The van der Waals surface area contributed by atoms with Gasteiger partial charge in [0, 0.05) is 17.2 Å². The molecule has 36 heavy (non-hydrogen) atoms. The molecule has 0 atom stereocenters. The summed E-state index contributed by atoms with van der Waals surface area (Å²) in [7, 11) is 7.47. The van der Waals surface area contributed by atoms with Gasteiger partial charge in [0.1, 0.15) is 11.5 Å². The van der Waals surface area contributed by atoms with Crippen molar-refractivity contribution in [2.75, 3.05) is 40.9 Å². The number of ether oxygens (including phenoxy) is 5. The van der Waals surface area contributed by atoms with E-state index in [1.807, 2.05) is 0 Å². The van der Waals surface area contributed by atoms with Crippen LogP contribution in [0.4, 0.5) is 5.69 Å². The minimum atomic E-state index is -0.514. The average molecular weight is 494 g/mol. The molecule has 0 aliphatic rings. The van der Waals surface area contributed by atoms with Crippen molar-refractivity contribution in [1.29, 1.82) is 0 Å². The normalized spacial score (nSPS) is 10.5. The molecule has 3 aromatic rings. The molecule has 0 spiro atoms. The summed E-state index contributed by atoms with van der Waals surface area (Å²) in [5.74, 6) is 1.20. The highest BCUT2D eigenvalue weighted by molar-refractivity contribution is 6.09. The van der Waals surface area contributed by atoms with E-state index in [1.54, 1.807) is 49.6 Å². The molecule has 0 unspecified atom stereocenters. The Hall–Kier alpha value is -4.73. The van der Waals surface area contributed by atoms with Crippen molar-refractivity contribution >= 4 is 23.7 Å². The van der Waals surface area contributed by atoms with Gasteiger partial charge in [-0.2, -0.15) is 5.10 Å². The van der Waals surface area contributed by atoms with Gasteiger partial charge < -0.3 is 29.0 Å². The van der Waals surface area contributed by atoms with Crippen molar-refractivity contribution in [3.63, 3.8) is 0 Å². The number of hydrogen-bond acceptors (Lipinski definition) is 8. The molecule has 0 saturated carbocycles. The van der Waals surface area contributed by atoms with Gasteiger partial charge in [0.2, 0.25) is 5.75 Å². The lowest BCUT2D eigenvalue weighted by molar-refractivity contribution is 0.0956. The van der Waals surface area contributed by atoms with Gasteiger partial charge in [0.05, 0.1) is 53.0 Å². The lowest BCUT2D eigenvalue weighted by Crippen LogP contribution is -2.21. The highest BCUT2D eigenvalue weighted by Crippen LogP contribution is 2.38. The molecule has 0 saturated heterocycles. The van der Waals surface area contributed by atoms with Crippen LogP contribution in [0.3, 0.4) is 0 Å². The van der Waals surface area contributed by atoms with Gasteiger partial charge in [-0.1, -0.05) is 12.1 Å². The van der Waals surface area contributed by atoms with Crippen LogP contribution >= 0.6 is 0 Å². The topological polar surface area (TPSA) is 117 Å². The molecule has 0 bridgehead atoms. The Labute approximate surface area is 208 Å². The Morgan fingerprint density at radius 3 is 2.03 bits per heavy atom. The second-order valence-corrected chi connectivity index (χ2v) is 7.22. The summed E-state index contributed by atoms with van der Waals surface area (Å²) in [6.07, 6.45) is 1.45. The number of nitrogens with one attached hydrogen (secondary N) is 2. The second-order valence-electron chi connectivity index (χ2n) is 7.22. The Morgan fingerprint density at radius 1 is 0.750 bits per heavy atom. The van der Waals surface area contributed by atoms with Crippen LogP contribution in [0.15, 0.2) is 59.7 Å². The summed E-state index contributed by atoms with van der Waals surface area (Å²) < 4.78 is 26.4. The number of methoxy groups -OCH3 is 5. The van der Waals surface area contributed by atoms with E-state index in [1.165, 1.54) is 46.8 Å². The number of carbonyl (C=O) groups is 2. The van der Waals surface area contributed by atoms with Crippen LogP contribution in [0.5, 0.6) is 28.7 Å². The third-order valence-electron chi connectivity index (χ3n) is 5.16. The van der Waals surface area contributed by atoms with Crippen LogP contribution in [0.25, 0.3) is 0 Å². The smallest absolute Gasteiger partial charge is 0.273 e. The first-order valence-electron chi connectivity index (χ1n) is 10.7. The fourth-order valence-corrected chi connectivity index (χ4v) is 3.34. The van der Waals surface area contributed by atoms with Gasteiger partial charge >= 0.3 is 0 Å². The monoisotopic (exact) mass is 493 g/mol. The highest BCUT2D eigenvalue weighted by atomic mass is 16.5. The number of hydrazone groups is 1. The zero-order chi connectivity index (χ0) is 26.1. The number of hydrogen-bond donors (Lipinski definition) is 2. The number of carbonyl (C=O) groups excluding carboxylic acids is 2. The lowest BCUT2D eigenvalue weighted by atomic mass is 10.1. The fourth-order valence-electron chi connectivity index (χ4n) is 3.34. The van der Waals surface area contributed by atoms with Crippen LogP contribution in [0.2, 0.25) is 0 Å². The third-order valence-corrected chi connectivity index (χ3v) is 5.16. The number of benzene rings is 3. The summed E-state index contributed by atoms with van der Waals surface area (Å²) in [6.45, 7) is 0. The number of anilines is 1. The zero-order valence-corrected chi connectivity index (χ0v) is 20.6. The van der Waals surface area contributed by atoms with Gasteiger partial charge in [-0.15, -0.1) is 0 Å². The SMILES string of the molecule is COc1ccc(/C=N\NC(=O)c2ccccc2NC(=O)c2cc(OC)c(OC)c(OC)c2)c(OC)c1. The molecule has 2 N–H and O–H groups in total. The fraction of sp³-hybridized carbons (Fsp3) is 0.192. The van der Waals surface area contributed by atoms with Crippen molar-refractivity contribution in [1.82, 2.24) is 5.43 Å². The molecule has 0 fully saturated rings. The van der Waals surface area contributed by atoms with Gasteiger partial charge in [-0.3, -0.25) is 9.59 Å². The van der Waals surface area contributed by atoms with Crippen molar-refractivity contribution in [3.8, 4) is 28.7 Å². The first-order chi connectivity index (χ1) is 17.4. The van der Waals surface area contributed by atoms with Crippen LogP contribution in [0.1, 0.15) is 26.3 Å². The standard InChI is InChI=1S/C26H27N3O7/c1-32-18-11-10-16(21(14-18)33-2)15-27-29-26(31)19-8-6-7-9-20(19)28-25(30)17-12-22(34-3)24(36-5)23(13-17)35-4/h6-15H,1-5H3,(H,28,30)(H,29,31)/b27-15-. The van der Waals surface area contributed by atoms with Crippen molar-refractivity contribution in [2.45, 2.75) is 0 Å². The number of nitrogens with zero attached hydrogens (tertiary/aromatic N) is 1. The van der Waals surface area contributed by atoms with E-state index < -0.39 is 11.8 Å². The third kappa shape index (κ3) is 5.84. The van der Waals surface area contributed by atoms with Crippen molar-refractivity contribution in [3.05, 3.63) is 71.3 Å². The maximum atomic E-state index is 13.0. The maximum absolute atomic E-state index is 13.0. The molecule has 2 amide bonds. The summed E-state index contributed by atoms with van der Waals surface area (Å²) in [4.78, 5) is 25.8. The predicted molar refractivity (Wildman–Crippen MR) is 135 cm³/mol. The Balaban J connectivity index is 1.79. The molecule has 0 aromatic heterocycles. The second kappa shape index (κ2) is 12.1. The van der Waals surface area contributed by atoms with E-state index in [9.17, 15) is 9.59 Å². The van der Waals surface area contributed by atoms with Crippen molar-refractivity contribution in [2.24, 2.45) is 5.10 Å². The quantitative estimate of drug-likeness (QED) is 0.326. The molecule has 3 aromatic carbocycles. The molecule has 0 aliphatic carbocycles. The maximum Gasteiger partial charge on any atom is 0.273 e. The number of amides is 2. The largest absolute Gasteiger partial charge is 0.497 e. The van der Waals surface area contributed by atoms with Crippen LogP contribution in [-0.2, 0) is 0 Å². The van der Waals surface area contributed by atoms with E-state index >= 15 is 0 Å². The Kier molecular flexibility index (Phi) is 8.71. The summed E-state index contributed by atoms with van der Waals surface area (Å²) >= 11 is 0. The molecule has 10 nitrogen and oxygen atoms in total. The molecular weight excluding hydrogens is 466 g/mol. The molecule has 0 aliphatic heterocycles. The lowest BCUT2D eigenvalue weighted by Gasteiger charge is -2.15.